The van der Waals surface area contributed by atoms with Crippen molar-refractivity contribution in [1.82, 2.24) is 4.31 Å². The van der Waals surface area contributed by atoms with Gasteiger partial charge in [0.1, 0.15) is 5.69 Å². The number of nitrogens with zero attached hydrogens (tertiary/aromatic N) is 2. The quantitative estimate of drug-likeness (QED) is 0.748. The van der Waals surface area contributed by atoms with Crippen LogP contribution in [0.1, 0.15) is 5.56 Å². The van der Waals surface area contributed by atoms with Crippen LogP contribution in [-0.2, 0) is 10.0 Å². The van der Waals surface area contributed by atoms with Crippen LogP contribution in [0.15, 0.2) is 14.8 Å². The SMILES string of the molecule is Cc1csc(S(=O)(=O)N(C)C)c1N=O. The van der Waals surface area contributed by atoms with Crippen molar-refractivity contribution in [2.75, 3.05) is 14.1 Å². The summed E-state index contributed by atoms with van der Waals surface area (Å²) in [7, 11) is -0.709. The molecule has 1 rings (SSSR count). The zero-order valence-corrected chi connectivity index (χ0v) is 9.65. The lowest BCUT2D eigenvalue weighted by Gasteiger charge is -2.09. The maximum Gasteiger partial charge on any atom is 0.254 e. The number of nitroso groups, excluding NO2 is 1. The second-order valence-electron chi connectivity index (χ2n) is 2.93. The van der Waals surface area contributed by atoms with Gasteiger partial charge in [-0.2, -0.15) is 0 Å². The Balaban J connectivity index is 3.41. The van der Waals surface area contributed by atoms with Gasteiger partial charge in [-0.05, 0) is 23.0 Å². The average Bonchev–Trinajstić information content (AvgIpc) is 2.46. The minimum atomic E-state index is -3.54. The second kappa shape index (κ2) is 3.76. The van der Waals surface area contributed by atoms with Crippen molar-refractivity contribution in [3.8, 4) is 0 Å². The zero-order chi connectivity index (χ0) is 10.9. The van der Waals surface area contributed by atoms with Crippen molar-refractivity contribution in [3.63, 3.8) is 0 Å². The van der Waals surface area contributed by atoms with Crippen molar-refractivity contribution in [2.45, 2.75) is 11.1 Å². The van der Waals surface area contributed by atoms with Gasteiger partial charge in [-0.15, -0.1) is 16.2 Å². The molecule has 1 heterocycles. The van der Waals surface area contributed by atoms with Gasteiger partial charge in [0, 0.05) is 14.1 Å². The summed E-state index contributed by atoms with van der Waals surface area (Å²) in [4.78, 5) is 10.5. The number of sulfonamides is 1. The Bertz CT molecular complexity index is 448. The molecule has 0 saturated heterocycles. The molecule has 0 aliphatic heterocycles. The molecule has 0 amide bonds. The molecule has 78 valence electrons. The lowest BCUT2D eigenvalue weighted by Crippen LogP contribution is -2.21. The van der Waals surface area contributed by atoms with Crippen LogP contribution in [0, 0.1) is 11.8 Å². The van der Waals surface area contributed by atoms with Crippen molar-refractivity contribution in [2.24, 2.45) is 5.18 Å². The minimum absolute atomic E-state index is 0.00926. The van der Waals surface area contributed by atoms with Crippen LogP contribution in [0.5, 0.6) is 0 Å². The molecule has 5 nitrogen and oxygen atoms in total. The maximum atomic E-state index is 11.7. The van der Waals surface area contributed by atoms with E-state index in [0.717, 1.165) is 15.6 Å². The molecule has 0 spiro atoms. The summed E-state index contributed by atoms with van der Waals surface area (Å²) < 4.78 is 24.4. The van der Waals surface area contributed by atoms with Gasteiger partial charge in [-0.25, -0.2) is 12.7 Å². The van der Waals surface area contributed by atoms with Crippen molar-refractivity contribution in [3.05, 3.63) is 15.9 Å². The van der Waals surface area contributed by atoms with Crippen LogP contribution in [0.2, 0.25) is 0 Å². The molecule has 0 bridgehead atoms. The first-order valence-electron chi connectivity index (χ1n) is 3.75. The lowest BCUT2D eigenvalue weighted by atomic mass is 10.3. The average molecular weight is 234 g/mol. The van der Waals surface area contributed by atoms with Crippen LogP contribution in [0.3, 0.4) is 0 Å². The van der Waals surface area contributed by atoms with Crippen molar-refractivity contribution >= 4 is 27.0 Å². The molecule has 0 radical (unpaired) electrons. The maximum absolute atomic E-state index is 11.7. The van der Waals surface area contributed by atoms with Gasteiger partial charge >= 0.3 is 0 Å². The van der Waals surface area contributed by atoms with Crippen LogP contribution >= 0.6 is 11.3 Å². The Kier molecular flexibility index (Phi) is 3.03. The van der Waals surface area contributed by atoms with Gasteiger partial charge in [-0.1, -0.05) is 0 Å². The number of hydrogen-bond donors (Lipinski definition) is 0. The van der Waals surface area contributed by atoms with Gasteiger partial charge in [0.2, 0.25) is 0 Å². The Hall–Kier alpha value is -0.790. The van der Waals surface area contributed by atoms with E-state index in [4.69, 9.17) is 0 Å². The third-order valence-electron chi connectivity index (χ3n) is 1.72. The fourth-order valence-corrected chi connectivity index (χ4v) is 3.43. The molecule has 0 saturated carbocycles. The number of rotatable bonds is 3. The first-order valence-corrected chi connectivity index (χ1v) is 6.07. The topological polar surface area (TPSA) is 66.8 Å². The number of hydrogen-bond acceptors (Lipinski definition) is 5. The molecule has 14 heavy (non-hydrogen) atoms. The monoisotopic (exact) mass is 234 g/mol. The standard InChI is InChI=1S/C7H10N2O3S2/c1-5-4-13-7(6(5)8-10)14(11,12)9(2)3/h4H,1-3H3. The molecule has 1 aromatic rings. The first kappa shape index (κ1) is 11.3. The Morgan fingerprint density at radius 2 is 2.00 bits per heavy atom. The first-order chi connectivity index (χ1) is 6.41. The molecular formula is C7H10N2O3S2. The Morgan fingerprint density at radius 1 is 1.43 bits per heavy atom. The molecular weight excluding hydrogens is 224 g/mol. The van der Waals surface area contributed by atoms with E-state index >= 15 is 0 Å². The molecule has 1 aromatic heterocycles. The predicted molar refractivity (Wildman–Crippen MR) is 55.4 cm³/mol. The van der Waals surface area contributed by atoms with E-state index in [1.807, 2.05) is 0 Å². The highest BCUT2D eigenvalue weighted by Crippen LogP contribution is 2.35. The molecule has 0 N–H and O–H groups in total. The lowest BCUT2D eigenvalue weighted by molar-refractivity contribution is 0.523. The molecule has 0 atom stereocenters. The molecule has 0 fully saturated rings. The Labute approximate surface area is 86.4 Å². The molecule has 0 aliphatic carbocycles. The summed E-state index contributed by atoms with van der Waals surface area (Å²) in [5, 5.41) is 4.34. The Morgan fingerprint density at radius 3 is 2.43 bits per heavy atom. The fourth-order valence-electron chi connectivity index (χ4n) is 0.873. The highest BCUT2D eigenvalue weighted by Gasteiger charge is 2.25. The van der Waals surface area contributed by atoms with Crippen LogP contribution in [0.25, 0.3) is 0 Å². The van der Waals surface area contributed by atoms with E-state index in [2.05, 4.69) is 5.18 Å². The third-order valence-corrected chi connectivity index (χ3v) is 5.14. The van der Waals surface area contributed by atoms with Crippen molar-refractivity contribution < 1.29 is 8.42 Å². The largest absolute Gasteiger partial charge is 0.254 e. The van der Waals surface area contributed by atoms with Crippen LogP contribution < -0.4 is 0 Å². The van der Waals surface area contributed by atoms with E-state index in [1.54, 1.807) is 12.3 Å². The molecule has 0 aliphatic rings. The van der Waals surface area contributed by atoms with E-state index in [1.165, 1.54) is 14.1 Å². The predicted octanol–water partition coefficient (Wildman–Crippen LogP) is 1.70. The van der Waals surface area contributed by atoms with Gasteiger partial charge in [0.25, 0.3) is 10.0 Å². The van der Waals surface area contributed by atoms with E-state index in [9.17, 15) is 13.3 Å². The summed E-state index contributed by atoms with van der Waals surface area (Å²) in [5.41, 5.74) is 0.606. The van der Waals surface area contributed by atoms with Gasteiger partial charge < -0.3 is 0 Å². The van der Waals surface area contributed by atoms with E-state index < -0.39 is 10.0 Å². The van der Waals surface area contributed by atoms with Gasteiger partial charge in [0.05, 0.1) is 0 Å². The summed E-state index contributed by atoms with van der Waals surface area (Å²) in [5.74, 6) is 0. The summed E-state index contributed by atoms with van der Waals surface area (Å²) in [6.45, 7) is 1.65. The fraction of sp³-hybridized carbons (Fsp3) is 0.429. The van der Waals surface area contributed by atoms with Gasteiger partial charge in [0.15, 0.2) is 4.21 Å². The highest BCUT2D eigenvalue weighted by atomic mass is 32.2. The van der Waals surface area contributed by atoms with Crippen LogP contribution in [0.4, 0.5) is 5.69 Å². The molecule has 0 unspecified atom stereocenters. The number of thiophene rings is 1. The summed E-state index contributed by atoms with van der Waals surface area (Å²) in [6.07, 6.45) is 0. The highest BCUT2D eigenvalue weighted by molar-refractivity contribution is 7.91. The van der Waals surface area contributed by atoms with E-state index in [0.29, 0.717) is 5.56 Å². The van der Waals surface area contributed by atoms with Crippen LogP contribution in [-0.4, -0.2) is 26.8 Å². The summed E-state index contributed by atoms with van der Waals surface area (Å²) in [6, 6.07) is 0. The van der Waals surface area contributed by atoms with Crippen molar-refractivity contribution in [1.29, 1.82) is 0 Å². The normalized spacial score (nSPS) is 12.0. The molecule has 0 aromatic carbocycles. The minimum Gasteiger partial charge on any atom is -0.206 e. The van der Waals surface area contributed by atoms with E-state index in [-0.39, 0.29) is 9.90 Å². The number of aryl methyl sites for hydroxylation is 1. The summed E-state index contributed by atoms with van der Waals surface area (Å²) >= 11 is 1.01. The molecule has 7 heteroatoms. The van der Waals surface area contributed by atoms with Gasteiger partial charge in [-0.3, -0.25) is 0 Å². The zero-order valence-electron chi connectivity index (χ0n) is 8.01. The second-order valence-corrected chi connectivity index (χ2v) is 6.16. The smallest absolute Gasteiger partial charge is 0.206 e. The third kappa shape index (κ3) is 1.70.